The first kappa shape index (κ1) is 69.6. The Hall–Kier alpha value is -6.88. The number of hydrogen-bond donors (Lipinski definition) is 0. The Labute approximate surface area is 531 Å². The van der Waals surface area contributed by atoms with Crippen molar-refractivity contribution < 1.29 is 32.4 Å². The quantitative estimate of drug-likeness (QED) is 0.0442. The molecule has 1 saturated heterocycles. The Kier molecular flexibility index (Phi) is 25.2. The molecule has 16 nitrogen and oxygen atoms in total. The van der Waals surface area contributed by atoms with Gasteiger partial charge in [-0.15, -0.1) is 0 Å². The minimum atomic E-state index is -3.34. The highest BCUT2D eigenvalue weighted by Crippen LogP contribution is 2.41. The van der Waals surface area contributed by atoms with Crippen LogP contribution in [0.5, 0.6) is 17.2 Å². The summed E-state index contributed by atoms with van der Waals surface area (Å²) in [5.41, 5.74) is 11.2. The van der Waals surface area contributed by atoms with Gasteiger partial charge in [0.25, 0.3) is 0 Å². The number of pyridine rings is 3. The first-order valence-corrected chi connectivity index (χ1v) is 38.2. The maximum Gasteiger partial charge on any atom is 0.247 e. The molecule has 1 aliphatic rings. The van der Waals surface area contributed by atoms with Crippen LogP contribution in [0.3, 0.4) is 0 Å². The highest BCUT2D eigenvalue weighted by Gasteiger charge is 2.26. The third kappa shape index (κ3) is 19.3. The number of anilines is 3. The minimum absolute atomic E-state index is 0.263. The second-order valence-corrected chi connectivity index (χ2v) is 31.6. The predicted molar refractivity (Wildman–Crippen MR) is 369 cm³/mol. The largest absolute Gasteiger partial charge is 0.495 e. The number of benzene rings is 3. The zero-order valence-corrected chi connectivity index (χ0v) is 57.9. The number of nitrogens with zero attached hydrogens (tertiary/aromatic N) is 9. The molecule has 1 unspecified atom stereocenters. The summed E-state index contributed by atoms with van der Waals surface area (Å²) in [5.74, 6) is 22.7. The highest BCUT2D eigenvalue weighted by atomic mass is 31.2. The van der Waals surface area contributed by atoms with Crippen LogP contribution >= 0.6 is 21.7 Å². The smallest absolute Gasteiger partial charge is 0.247 e. The third-order valence-corrected chi connectivity index (χ3v) is 20.2. The van der Waals surface area contributed by atoms with Gasteiger partial charge in [-0.25, -0.2) is 15.0 Å². The number of methoxy groups -OCH3 is 3. The lowest BCUT2D eigenvalue weighted by molar-refractivity contribution is 0.207. The van der Waals surface area contributed by atoms with Crippen LogP contribution in [0.25, 0.3) is 0 Å². The first-order valence-electron chi connectivity index (χ1n) is 31.0. The molecule has 0 N–H and O–H groups in total. The van der Waals surface area contributed by atoms with Crippen LogP contribution in [0.15, 0.2) is 91.0 Å². The standard InChI is InChI=1S/C70H92N9O7P3/c1-16-77(17-2)62-44-53(29-32-65(62)83-8)23-26-56-41-59(71-68(47-56)87(11,12)80)50-74-35-36-75(51-60-42-57(48-69(72-60)88(13,14)81)27-24-54-30-33-66(84-9)63(45-54)78(18-3)19-4)38-40-76(39-37-74)52-61-43-58(49-70(73-61)89(15,82)86-22-7)28-25-55-31-34-67(85-10)64(46-55)79(20-5)21-6/h29-34,41-49H,16-22,35-40,50-52H2,1-15H3. The van der Waals surface area contributed by atoms with Crippen molar-refractivity contribution >= 4 is 55.0 Å². The molecule has 0 amide bonds. The molecule has 19 heteroatoms. The lowest BCUT2D eigenvalue weighted by Crippen LogP contribution is -2.36. The van der Waals surface area contributed by atoms with Gasteiger partial charge in [-0.05, 0) is 166 Å². The third-order valence-electron chi connectivity index (χ3n) is 15.7. The molecular formula is C70H92N9O7P3. The number of hydrogen-bond acceptors (Lipinski definition) is 16. The average molecular weight is 1260 g/mol. The second kappa shape index (κ2) is 32.2. The molecule has 0 aliphatic carbocycles. The maximum absolute atomic E-state index is 14.3. The molecule has 0 radical (unpaired) electrons. The minimum Gasteiger partial charge on any atom is -0.495 e. The summed E-state index contributed by atoms with van der Waals surface area (Å²) >= 11 is 0. The normalized spacial score (nSPS) is 14.1. The summed E-state index contributed by atoms with van der Waals surface area (Å²) < 4.78 is 65.2. The van der Waals surface area contributed by atoms with E-state index in [0.717, 1.165) is 113 Å². The zero-order chi connectivity index (χ0) is 64.5. The monoisotopic (exact) mass is 1260 g/mol. The molecule has 6 aromatic rings. The van der Waals surface area contributed by atoms with Crippen molar-refractivity contribution in [3.8, 4) is 52.8 Å². The maximum atomic E-state index is 14.3. The van der Waals surface area contributed by atoms with Crippen molar-refractivity contribution in [3.05, 3.63) is 141 Å². The lowest BCUT2D eigenvalue weighted by Gasteiger charge is -2.26. The first-order chi connectivity index (χ1) is 42.6. The molecule has 1 fully saturated rings. The SMILES string of the molecule is CCOP(C)(=O)c1cc(C#Cc2ccc(OC)c(N(CC)CC)c2)cc(CN2CCN(Cc3cc(C#Cc4ccc(OC)c(N(CC)CC)c4)cc(P(C)(C)=O)n3)CCN(Cc3cc(C#Cc4ccc(OC)c(N(CC)CC)c4)cc(P(C)(C)=O)n3)CC2)n1. The molecular weight excluding hydrogens is 1170 g/mol. The van der Waals surface area contributed by atoms with Gasteiger partial charge in [0.2, 0.25) is 7.37 Å². The van der Waals surface area contributed by atoms with E-state index in [-0.39, 0.29) is 6.61 Å². The van der Waals surface area contributed by atoms with Gasteiger partial charge in [0.05, 0.1) is 62.1 Å². The van der Waals surface area contributed by atoms with Crippen LogP contribution in [-0.4, -0.2) is 169 Å². The Morgan fingerprint density at radius 2 is 0.663 bits per heavy atom. The summed E-state index contributed by atoms with van der Waals surface area (Å²) in [4.78, 5) is 29.1. The van der Waals surface area contributed by atoms with E-state index in [1.807, 2.05) is 73.7 Å². The number of ether oxygens (including phenoxy) is 3. The summed E-state index contributed by atoms with van der Waals surface area (Å²) in [6.07, 6.45) is 0. The highest BCUT2D eigenvalue weighted by molar-refractivity contribution is 7.70. The summed E-state index contributed by atoms with van der Waals surface area (Å²) in [7, 11) is -3.96. The van der Waals surface area contributed by atoms with Crippen LogP contribution in [-0.2, 0) is 37.9 Å². The fraction of sp³-hybridized carbons (Fsp3) is 0.443. The number of aromatic nitrogens is 3. The van der Waals surface area contributed by atoms with Gasteiger partial charge >= 0.3 is 0 Å². The zero-order valence-electron chi connectivity index (χ0n) is 55.2. The van der Waals surface area contributed by atoms with Gasteiger partial charge in [0.1, 0.15) is 47.8 Å². The van der Waals surface area contributed by atoms with Crippen molar-refractivity contribution in [1.29, 1.82) is 0 Å². The van der Waals surface area contributed by atoms with Crippen molar-refractivity contribution in [1.82, 2.24) is 29.7 Å². The summed E-state index contributed by atoms with van der Waals surface area (Å²) in [6.45, 7) is 33.6. The Morgan fingerprint density at radius 1 is 0.393 bits per heavy atom. The van der Waals surface area contributed by atoms with Crippen LogP contribution in [0.2, 0.25) is 0 Å². The van der Waals surface area contributed by atoms with Gasteiger partial charge in [0, 0.05) is 138 Å². The molecule has 3 aromatic carbocycles. The van der Waals surface area contributed by atoms with Gasteiger partial charge in [-0.1, -0.05) is 35.5 Å². The van der Waals surface area contributed by atoms with Crippen molar-refractivity contribution in [2.75, 3.05) is 154 Å². The Bertz CT molecular complexity index is 3600. The molecule has 4 heterocycles. The van der Waals surface area contributed by atoms with Crippen LogP contribution in [0.4, 0.5) is 17.1 Å². The van der Waals surface area contributed by atoms with Crippen LogP contribution in [0, 0.1) is 35.5 Å². The van der Waals surface area contributed by atoms with E-state index in [0.29, 0.717) is 86.5 Å². The summed E-state index contributed by atoms with van der Waals surface area (Å²) in [6, 6.07) is 29.5. The van der Waals surface area contributed by atoms with Gasteiger partial charge in [-0.2, -0.15) is 0 Å². The van der Waals surface area contributed by atoms with E-state index in [9.17, 15) is 13.7 Å². The van der Waals surface area contributed by atoms with Crippen molar-refractivity contribution in [3.63, 3.8) is 0 Å². The van der Waals surface area contributed by atoms with Gasteiger partial charge in [-0.3, -0.25) is 19.3 Å². The van der Waals surface area contributed by atoms with Crippen LogP contribution in [0.1, 0.15) is 98.9 Å². The van der Waals surface area contributed by atoms with Gasteiger partial charge < -0.3 is 42.6 Å². The predicted octanol–water partition coefficient (Wildman–Crippen LogP) is 10.5. The van der Waals surface area contributed by atoms with E-state index < -0.39 is 21.7 Å². The van der Waals surface area contributed by atoms with Gasteiger partial charge in [0.15, 0.2) is 0 Å². The van der Waals surface area contributed by atoms with E-state index in [4.69, 9.17) is 33.7 Å². The van der Waals surface area contributed by atoms with E-state index in [1.54, 1.807) is 60.7 Å². The molecule has 89 heavy (non-hydrogen) atoms. The molecule has 7 rings (SSSR count). The molecule has 1 aliphatic heterocycles. The second-order valence-electron chi connectivity index (χ2n) is 22.8. The lowest BCUT2D eigenvalue weighted by atomic mass is 10.1. The van der Waals surface area contributed by atoms with Crippen molar-refractivity contribution in [2.45, 2.75) is 68.1 Å². The topological polar surface area (TPSA) is 146 Å². The number of rotatable bonds is 23. The van der Waals surface area contributed by atoms with Crippen LogP contribution < -0.4 is 45.2 Å². The molecule has 0 saturated carbocycles. The van der Waals surface area contributed by atoms with E-state index in [2.05, 4.69) is 125 Å². The molecule has 474 valence electrons. The Balaban J connectivity index is 1.27. The Morgan fingerprint density at radius 3 is 0.921 bits per heavy atom. The van der Waals surface area contributed by atoms with E-state index in [1.165, 1.54) is 0 Å². The fourth-order valence-electron chi connectivity index (χ4n) is 10.8. The molecule has 0 bridgehead atoms. The average Bonchev–Trinajstić information content (AvgIpc) is 2.44. The fourth-order valence-corrected chi connectivity index (χ4v) is 13.7. The molecule has 0 spiro atoms. The molecule has 1 atom stereocenters. The summed E-state index contributed by atoms with van der Waals surface area (Å²) in [5, 5.41) is 0. The van der Waals surface area contributed by atoms with Crippen molar-refractivity contribution in [2.24, 2.45) is 0 Å². The molecule has 3 aromatic heterocycles. The van der Waals surface area contributed by atoms with E-state index >= 15 is 0 Å².